The van der Waals surface area contributed by atoms with Gasteiger partial charge < -0.3 is 9.64 Å². The third kappa shape index (κ3) is 3.04. The third-order valence-electron chi connectivity index (χ3n) is 5.55. The molecule has 3 nitrogen and oxygen atoms in total. The lowest BCUT2D eigenvalue weighted by Crippen LogP contribution is -2.45. The summed E-state index contributed by atoms with van der Waals surface area (Å²) >= 11 is 0. The minimum atomic E-state index is -0.00190. The smallest absolute Gasteiger partial charge is 0.223 e. The van der Waals surface area contributed by atoms with Gasteiger partial charge in [0.15, 0.2) is 0 Å². The van der Waals surface area contributed by atoms with E-state index in [9.17, 15) is 4.79 Å². The van der Waals surface area contributed by atoms with Crippen molar-refractivity contribution in [1.29, 1.82) is 0 Å². The molecule has 0 spiro atoms. The molecule has 2 aromatic carbocycles. The summed E-state index contributed by atoms with van der Waals surface area (Å²) in [5.41, 5.74) is 3.83. The van der Waals surface area contributed by atoms with E-state index in [-0.39, 0.29) is 17.2 Å². The quantitative estimate of drug-likeness (QED) is 0.820. The molecule has 2 aliphatic rings. The van der Waals surface area contributed by atoms with Gasteiger partial charge in [-0.05, 0) is 35.1 Å². The third-order valence-corrected chi connectivity index (χ3v) is 5.55. The Balaban J connectivity index is 1.53. The lowest BCUT2D eigenvalue weighted by Gasteiger charge is -2.40. The molecular weight excluding hydrogens is 310 g/mol. The van der Waals surface area contributed by atoms with Crippen LogP contribution in [0.25, 0.3) is 0 Å². The highest BCUT2D eigenvalue weighted by molar-refractivity contribution is 5.78. The van der Waals surface area contributed by atoms with Crippen molar-refractivity contribution in [3.63, 3.8) is 0 Å². The summed E-state index contributed by atoms with van der Waals surface area (Å²) < 4.78 is 5.74. The van der Waals surface area contributed by atoms with Crippen LogP contribution in [0.3, 0.4) is 0 Å². The Hall–Kier alpha value is -2.29. The van der Waals surface area contributed by atoms with Crippen LogP contribution in [0.5, 0.6) is 5.75 Å². The number of carbonyl (C=O) groups excluding carboxylic acids is 1. The molecule has 0 N–H and O–H groups in total. The summed E-state index contributed by atoms with van der Waals surface area (Å²) in [6.07, 6.45) is 1.48. The molecule has 0 fully saturated rings. The first-order chi connectivity index (χ1) is 12.0. The minimum absolute atomic E-state index is 0.00190. The number of fused-ring (bicyclic) bond motifs is 2. The largest absolute Gasteiger partial charge is 0.493 e. The molecule has 2 aromatic rings. The predicted octanol–water partition coefficient (Wildman–Crippen LogP) is 4.26. The van der Waals surface area contributed by atoms with Crippen molar-refractivity contribution >= 4 is 5.91 Å². The molecule has 0 aromatic heterocycles. The van der Waals surface area contributed by atoms with Gasteiger partial charge in [-0.15, -0.1) is 0 Å². The van der Waals surface area contributed by atoms with Gasteiger partial charge in [-0.25, -0.2) is 0 Å². The molecule has 0 saturated heterocycles. The molecule has 1 atom stereocenters. The Morgan fingerprint density at radius 2 is 1.92 bits per heavy atom. The highest BCUT2D eigenvalue weighted by Crippen LogP contribution is 2.38. The van der Waals surface area contributed by atoms with E-state index in [4.69, 9.17) is 4.74 Å². The maximum Gasteiger partial charge on any atom is 0.223 e. The Morgan fingerprint density at radius 3 is 2.80 bits per heavy atom. The van der Waals surface area contributed by atoms with Crippen molar-refractivity contribution in [2.45, 2.75) is 44.6 Å². The van der Waals surface area contributed by atoms with Crippen molar-refractivity contribution in [3.05, 3.63) is 65.2 Å². The van der Waals surface area contributed by atoms with Crippen LogP contribution in [0.1, 0.15) is 49.3 Å². The van der Waals surface area contributed by atoms with Crippen LogP contribution in [-0.4, -0.2) is 24.0 Å². The van der Waals surface area contributed by atoms with Gasteiger partial charge in [0, 0.05) is 24.9 Å². The first-order valence-corrected chi connectivity index (χ1v) is 9.12. The normalized spacial score (nSPS) is 21.0. The minimum Gasteiger partial charge on any atom is -0.493 e. The molecular formula is C22H25NO2. The molecule has 0 aliphatic carbocycles. The van der Waals surface area contributed by atoms with Gasteiger partial charge in [-0.2, -0.15) is 0 Å². The topological polar surface area (TPSA) is 29.5 Å². The molecule has 0 radical (unpaired) electrons. The fourth-order valence-corrected chi connectivity index (χ4v) is 4.29. The van der Waals surface area contributed by atoms with Crippen LogP contribution >= 0.6 is 0 Å². The molecule has 25 heavy (non-hydrogen) atoms. The van der Waals surface area contributed by atoms with Crippen molar-refractivity contribution < 1.29 is 9.53 Å². The van der Waals surface area contributed by atoms with Gasteiger partial charge in [-0.1, -0.05) is 56.3 Å². The number of ether oxygens (including phenoxy) is 1. The van der Waals surface area contributed by atoms with Gasteiger partial charge in [0.05, 0.1) is 6.61 Å². The Bertz CT molecular complexity index is 796. The zero-order valence-corrected chi connectivity index (χ0v) is 15.0. The van der Waals surface area contributed by atoms with E-state index in [2.05, 4.69) is 44.2 Å². The Kier molecular flexibility index (Phi) is 4.03. The lowest BCUT2D eigenvalue weighted by atomic mass is 9.78. The van der Waals surface area contributed by atoms with Crippen LogP contribution in [0.4, 0.5) is 0 Å². The SMILES string of the molecule is CC1(C)CN(C(=O)C[C@H]2CCOc3ccccc32)Cc2ccccc21. The Labute approximate surface area is 149 Å². The van der Waals surface area contributed by atoms with E-state index in [0.29, 0.717) is 13.0 Å². The average molecular weight is 335 g/mol. The van der Waals surface area contributed by atoms with Gasteiger partial charge >= 0.3 is 0 Å². The van der Waals surface area contributed by atoms with Crippen molar-refractivity contribution in [2.75, 3.05) is 13.2 Å². The maximum atomic E-state index is 13.1. The zero-order valence-electron chi connectivity index (χ0n) is 15.0. The maximum absolute atomic E-state index is 13.1. The molecule has 0 bridgehead atoms. The average Bonchev–Trinajstić information content (AvgIpc) is 2.61. The number of amides is 1. The summed E-state index contributed by atoms with van der Waals surface area (Å²) in [7, 11) is 0. The molecule has 0 unspecified atom stereocenters. The summed E-state index contributed by atoms with van der Waals surface area (Å²) in [6, 6.07) is 16.6. The first kappa shape index (κ1) is 16.2. The fourth-order valence-electron chi connectivity index (χ4n) is 4.29. The molecule has 0 saturated carbocycles. The molecule has 1 amide bonds. The van der Waals surface area contributed by atoms with E-state index in [0.717, 1.165) is 25.3 Å². The number of benzene rings is 2. The summed E-state index contributed by atoms with van der Waals surface area (Å²) in [5.74, 6) is 1.46. The van der Waals surface area contributed by atoms with E-state index >= 15 is 0 Å². The van der Waals surface area contributed by atoms with Crippen LogP contribution < -0.4 is 4.74 Å². The highest BCUT2D eigenvalue weighted by Gasteiger charge is 2.34. The van der Waals surface area contributed by atoms with Crippen molar-refractivity contribution in [1.82, 2.24) is 4.90 Å². The van der Waals surface area contributed by atoms with E-state index in [1.807, 2.05) is 23.1 Å². The van der Waals surface area contributed by atoms with Crippen LogP contribution in [0.2, 0.25) is 0 Å². The number of hydrogen-bond donors (Lipinski definition) is 0. The number of nitrogens with zero attached hydrogens (tertiary/aromatic N) is 1. The van der Waals surface area contributed by atoms with Gasteiger partial charge in [0.2, 0.25) is 5.91 Å². The standard InChI is InChI=1S/C22H25NO2/c1-22(2)15-23(14-17-7-3-5-9-19(17)22)21(24)13-16-11-12-25-20-10-6-4-8-18(16)20/h3-10,16H,11-15H2,1-2H3/t16-/m1/s1. The first-order valence-electron chi connectivity index (χ1n) is 9.12. The molecule has 2 aliphatic heterocycles. The van der Waals surface area contributed by atoms with Crippen LogP contribution in [0.15, 0.2) is 48.5 Å². The monoisotopic (exact) mass is 335 g/mol. The second-order valence-corrected chi connectivity index (χ2v) is 7.87. The molecule has 3 heteroatoms. The summed E-state index contributed by atoms with van der Waals surface area (Å²) in [6.45, 7) is 6.67. The van der Waals surface area contributed by atoms with Crippen LogP contribution in [-0.2, 0) is 16.8 Å². The van der Waals surface area contributed by atoms with Crippen molar-refractivity contribution in [2.24, 2.45) is 0 Å². The number of carbonyl (C=O) groups is 1. The highest BCUT2D eigenvalue weighted by atomic mass is 16.5. The second-order valence-electron chi connectivity index (χ2n) is 7.87. The second kappa shape index (κ2) is 6.21. The number of para-hydroxylation sites is 1. The summed E-state index contributed by atoms with van der Waals surface area (Å²) in [4.78, 5) is 15.1. The molecule has 130 valence electrons. The van der Waals surface area contributed by atoms with Crippen LogP contribution in [0, 0.1) is 0 Å². The van der Waals surface area contributed by atoms with E-state index < -0.39 is 0 Å². The van der Waals surface area contributed by atoms with E-state index in [1.165, 1.54) is 16.7 Å². The van der Waals surface area contributed by atoms with Gasteiger partial charge in [-0.3, -0.25) is 4.79 Å². The predicted molar refractivity (Wildman–Crippen MR) is 98.8 cm³/mol. The summed E-state index contributed by atoms with van der Waals surface area (Å²) in [5, 5.41) is 0. The lowest BCUT2D eigenvalue weighted by molar-refractivity contribution is -0.133. The number of rotatable bonds is 2. The zero-order chi connectivity index (χ0) is 17.4. The fraction of sp³-hybridized carbons (Fsp3) is 0.409. The molecule has 4 rings (SSSR count). The Morgan fingerprint density at radius 1 is 1.16 bits per heavy atom. The number of hydrogen-bond acceptors (Lipinski definition) is 2. The van der Waals surface area contributed by atoms with E-state index in [1.54, 1.807) is 0 Å². The van der Waals surface area contributed by atoms with Gasteiger partial charge in [0.1, 0.15) is 5.75 Å². The van der Waals surface area contributed by atoms with Crippen molar-refractivity contribution in [3.8, 4) is 5.75 Å². The molecule has 2 heterocycles. The van der Waals surface area contributed by atoms with Gasteiger partial charge in [0.25, 0.3) is 0 Å².